The minimum atomic E-state index is 1.13. The van der Waals surface area contributed by atoms with Gasteiger partial charge in [0.05, 0.1) is 11.4 Å². The number of fused-ring (bicyclic) bond motifs is 1. The Hall–Kier alpha value is -6.22. The van der Waals surface area contributed by atoms with Gasteiger partial charge in [-0.15, -0.1) is 11.3 Å². The molecule has 0 spiro atoms. The number of thiophene rings is 1. The minimum absolute atomic E-state index is 1.13. The number of rotatable bonds is 5. The van der Waals surface area contributed by atoms with Gasteiger partial charge in [0.25, 0.3) is 0 Å². The van der Waals surface area contributed by atoms with Gasteiger partial charge in [-0.05, 0) is 79.7 Å². The molecule has 0 aliphatic heterocycles. The average molecular weight is 652 g/mol. The van der Waals surface area contributed by atoms with Gasteiger partial charge in [0.1, 0.15) is 0 Å². The molecule has 50 heavy (non-hydrogen) atoms. The van der Waals surface area contributed by atoms with Crippen molar-refractivity contribution in [3.05, 3.63) is 176 Å². The zero-order valence-electron chi connectivity index (χ0n) is 27.1. The van der Waals surface area contributed by atoms with E-state index in [0.29, 0.717) is 0 Å². The van der Waals surface area contributed by atoms with E-state index in [1.807, 2.05) is 11.3 Å². The predicted molar refractivity (Wildman–Crippen MR) is 216 cm³/mol. The van der Waals surface area contributed by atoms with E-state index in [1.54, 1.807) is 0 Å². The van der Waals surface area contributed by atoms with Crippen LogP contribution in [0.3, 0.4) is 0 Å². The third-order valence-corrected chi connectivity index (χ3v) is 11.7. The summed E-state index contributed by atoms with van der Waals surface area (Å²) in [7, 11) is 0. The van der Waals surface area contributed by atoms with Gasteiger partial charge in [-0.25, -0.2) is 0 Å². The normalized spacial score (nSPS) is 12.0. The quantitative estimate of drug-likeness (QED) is 0.167. The first kappa shape index (κ1) is 27.7. The number of anilines is 3. The summed E-state index contributed by atoms with van der Waals surface area (Å²) in [5.74, 6) is 0. The van der Waals surface area contributed by atoms with Gasteiger partial charge < -0.3 is 4.90 Å². The first-order chi connectivity index (χ1) is 24.8. The van der Waals surface area contributed by atoms with Crippen molar-refractivity contribution < 1.29 is 0 Å². The SMILES string of the molecule is c1ccc(-c2ccc(N(c3ccccc3-c3ccccc3)c3cc4sc5ccc6cccc7c6c5c4c4c3ccc3cccc-7c34)cc2)cc1. The predicted octanol–water partition coefficient (Wildman–Crippen LogP) is 14.3. The van der Waals surface area contributed by atoms with Crippen LogP contribution in [0.1, 0.15) is 0 Å². The van der Waals surface area contributed by atoms with Crippen molar-refractivity contribution >= 4 is 80.9 Å². The zero-order chi connectivity index (χ0) is 32.8. The van der Waals surface area contributed by atoms with Crippen molar-refractivity contribution in [3.8, 4) is 33.4 Å². The Balaban J connectivity index is 1.28. The molecule has 0 radical (unpaired) electrons. The van der Waals surface area contributed by atoms with Crippen LogP contribution in [0.5, 0.6) is 0 Å². The fourth-order valence-electron chi connectivity index (χ4n) is 8.40. The lowest BCUT2D eigenvalue weighted by Gasteiger charge is -2.29. The molecule has 1 aromatic heterocycles. The summed E-state index contributed by atoms with van der Waals surface area (Å²) in [6.45, 7) is 0. The number of para-hydroxylation sites is 1. The van der Waals surface area contributed by atoms with Crippen molar-refractivity contribution in [1.29, 1.82) is 0 Å². The molecular formula is C48H29NS. The maximum Gasteiger partial charge on any atom is 0.0555 e. The molecule has 0 atom stereocenters. The van der Waals surface area contributed by atoms with E-state index in [-0.39, 0.29) is 0 Å². The van der Waals surface area contributed by atoms with Crippen molar-refractivity contribution in [2.24, 2.45) is 0 Å². The highest BCUT2D eigenvalue weighted by atomic mass is 32.1. The molecule has 0 unspecified atom stereocenters. The second-order valence-corrected chi connectivity index (χ2v) is 14.3. The molecule has 232 valence electrons. The Bertz CT molecular complexity index is 2960. The lowest BCUT2D eigenvalue weighted by atomic mass is 9.92. The van der Waals surface area contributed by atoms with E-state index in [0.717, 1.165) is 11.4 Å². The zero-order valence-corrected chi connectivity index (χ0v) is 27.9. The standard InChI is InChI=1S/C48H29NS/c1-3-11-30(12-4-1)31-21-25-35(26-22-31)49(40-20-8-7-17-36(40)32-13-5-2-6-14-32)41-29-43-48-46-39(41)27-23-33-15-9-18-37(44(33)46)38-19-10-16-34-24-28-42(50-43)47(48)45(34)38/h1-29H. The Morgan fingerprint density at radius 2 is 0.920 bits per heavy atom. The Morgan fingerprint density at radius 3 is 1.66 bits per heavy atom. The van der Waals surface area contributed by atoms with E-state index in [1.165, 1.54) is 91.6 Å². The Labute approximate surface area is 293 Å². The van der Waals surface area contributed by atoms with Crippen molar-refractivity contribution in [2.75, 3.05) is 4.90 Å². The number of benzene rings is 9. The Kier molecular flexibility index (Phi) is 5.89. The maximum absolute atomic E-state index is 2.50. The van der Waals surface area contributed by atoms with Crippen LogP contribution >= 0.6 is 11.3 Å². The summed E-state index contributed by atoms with van der Waals surface area (Å²) in [5, 5.41) is 10.7. The summed E-state index contributed by atoms with van der Waals surface area (Å²) in [4.78, 5) is 2.50. The van der Waals surface area contributed by atoms with Gasteiger partial charge >= 0.3 is 0 Å². The highest BCUT2D eigenvalue weighted by molar-refractivity contribution is 7.26. The van der Waals surface area contributed by atoms with Gasteiger partial charge in [0.2, 0.25) is 0 Å². The molecule has 0 saturated heterocycles. The van der Waals surface area contributed by atoms with E-state index in [4.69, 9.17) is 0 Å². The summed E-state index contributed by atoms with van der Waals surface area (Å²) < 4.78 is 2.66. The fourth-order valence-corrected chi connectivity index (χ4v) is 9.55. The summed E-state index contributed by atoms with van der Waals surface area (Å²) in [6, 6.07) is 64.8. The highest BCUT2D eigenvalue weighted by Gasteiger charge is 2.26. The van der Waals surface area contributed by atoms with E-state index in [9.17, 15) is 0 Å². The fraction of sp³-hybridized carbons (Fsp3) is 0. The average Bonchev–Trinajstić information content (AvgIpc) is 3.51. The molecule has 11 rings (SSSR count). The molecule has 10 aromatic rings. The number of nitrogens with zero attached hydrogens (tertiary/aromatic N) is 1. The molecule has 1 aliphatic carbocycles. The van der Waals surface area contributed by atoms with Gasteiger partial charge in [0.15, 0.2) is 0 Å². The van der Waals surface area contributed by atoms with Gasteiger partial charge in [-0.2, -0.15) is 0 Å². The van der Waals surface area contributed by atoms with Crippen LogP contribution in [0.2, 0.25) is 0 Å². The molecule has 1 aliphatic rings. The van der Waals surface area contributed by atoms with Gasteiger partial charge in [0, 0.05) is 42.2 Å². The highest BCUT2D eigenvalue weighted by Crippen LogP contribution is 2.54. The largest absolute Gasteiger partial charge is 0.309 e. The lowest BCUT2D eigenvalue weighted by Crippen LogP contribution is -2.12. The van der Waals surface area contributed by atoms with Crippen LogP contribution in [-0.2, 0) is 0 Å². The lowest BCUT2D eigenvalue weighted by molar-refractivity contribution is 1.30. The molecule has 9 aromatic carbocycles. The molecule has 1 heterocycles. The summed E-state index contributed by atoms with van der Waals surface area (Å²) in [6.07, 6.45) is 0. The van der Waals surface area contributed by atoms with Crippen molar-refractivity contribution in [1.82, 2.24) is 0 Å². The van der Waals surface area contributed by atoms with Crippen LogP contribution in [0.25, 0.3) is 85.9 Å². The molecule has 2 heteroatoms. The van der Waals surface area contributed by atoms with Crippen molar-refractivity contribution in [2.45, 2.75) is 0 Å². The molecule has 1 nitrogen and oxygen atoms in total. The molecule has 0 saturated carbocycles. The van der Waals surface area contributed by atoms with E-state index in [2.05, 4.69) is 181 Å². The Morgan fingerprint density at radius 1 is 0.340 bits per heavy atom. The van der Waals surface area contributed by atoms with Crippen molar-refractivity contribution in [3.63, 3.8) is 0 Å². The maximum atomic E-state index is 2.50. The number of hydrogen-bond donors (Lipinski definition) is 0. The molecular weight excluding hydrogens is 623 g/mol. The van der Waals surface area contributed by atoms with Crippen LogP contribution in [0.15, 0.2) is 176 Å². The first-order valence-corrected chi connectivity index (χ1v) is 18.0. The summed E-state index contributed by atoms with van der Waals surface area (Å²) in [5.41, 5.74) is 10.9. The first-order valence-electron chi connectivity index (χ1n) is 17.2. The van der Waals surface area contributed by atoms with E-state index < -0.39 is 0 Å². The van der Waals surface area contributed by atoms with Crippen LogP contribution in [0, 0.1) is 0 Å². The van der Waals surface area contributed by atoms with Gasteiger partial charge in [-0.3, -0.25) is 0 Å². The van der Waals surface area contributed by atoms with E-state index >= 15 is 0 Å². The summed E-state index contributed by atoms with van der Waals surface area (Å²) >= 11 is 1.92. The van der Waals surface area contributed by atoms with Crippen LogP contribution in [-0.4, -0.2) is 0 Å². The van der Waals surface area contributed by atoms with Crippen LogP contribution in [0.4, 0.5) is 17.1 Å². The smallest absolute Gasteiger partial charge is 0.0555 e. The second kappa shape index (κ2) is 10.6. The topological polar surface area (TPSA) is 3.24 Å². The molecule has 0 amide bonds. The van der Waals surface area contributed by atoms with Crippen LogP contribution < -0.4 is 4.90 Å². The minimum Gasteiger partial charge on any atom is -0.309 e. The number of hydrogen-bond acceptors (Lipinski definition) is 2. The third-order valence-electron chi connectivity index (χ3n) is 10.6. The molecule has 0 N–H and O–H groups in total. The third kappa shape index (κ3) is 3.94. The molecule has 0 fully saturated rings. The molecule has 0 bridgehead atoms. The van der Waals surface area contributed by atoms with Gasteiger partial charge in [-0.1, -0.05) is 146 Å². The second-order valence-electron chi connectivity index (χ2n) is 13.2. The monoisotopic (exact) mass is 651 g/mol.